The number of hydrogen-bond acceptors (Lipinski definition) is 9. The number of rotatable bonds is 9. The van der Waals surface area contributed by atoms with E-state index < -0.39 is 30.1 Å². The van der Waals surface area contributed by atoms with Gasteiger partial charge in [0.15, 0.2) is 11.5 Å². The molecule has 2 aliphatic heterocycles. The highest BCUT2D eigenvalue weighted by atomic mass is 16.7. The first-order valence-corrected chi connectivity index (χ1v) is 15.3. The summed E-state index contributed by atoms with van der Waals surface area (Å²) in [6.45, 7) is 8.14. The molecule has 8 atom stereocenters. The van der Waals surface area contributed by atoms with E-state index >= 15 is 0 Å². The Morgan fingerprint density at radius 2 is 1.98 bits per heavy atom. The van der Waals surface area contributed by atoms with E-state index in [1.165, 1.54) is 24.7 Å². The van der Waals surface area contributed by atoms with Crippen LogP contribution in [-0.4, -0.2) is 77.1 Å². The topological polar surface area (TPSA) is 147 Å². The molecule has 4 N–H and O–H groups in total. The number of nitrogens with one attached hydrogen (secondary N) is 1. The summed E-state index contributed by atoms with van der Waals surface area (Å²) in [5.41, 5.74) is 2.11. The largest absolute Gasteiger partial charge is 0.496 e. The van der Waals surface area contributed by atoms with E-state index in [0.29, 0.717) is 45.9 Å². The second-order valence-electron chi connectivity index (χ2n) is 13.3. The lowest BCUT2D eigenvalue weighted by molar-refractivity contribution is -0.183. The summed E-state index contributed by atoms with van der Waals surface area (Å²) in [4.78, 5) is 32.2. The van der Waals surface area contributed by atoms with Crippen molar-refractivity contribution in [3.05, 3.63) is 41.5 Å². The highest BCUT2D eigenvalue weighted by Crippen LogP contribution is 2.61. The average Bonchev–Trinajstić information content (AvgIpc) is 3.61. The van der Waals surface area contributed by atoms with Crippen molar-refractivity contribution in [3.63, 3.8) is 0 Å². The number of para-hydroxylation sites is 1. The van der Waals surface area contributed by atoms with Gasteiger partial charge >= 0.3 is 5.97 Å². The third-order valence-electron chi connectivity index (χ3n) is 10.7. The zero-order valence-corrected chi connectivity index (χ0v) is 25.8. The number of aromatic carboxylic acids is 1. The number of carbonyl (C=O) groups excluding carboxylic acids is 1. The van der Waals surface area contributed by atoms with Crippen molar-refractivity contribution < 1.29 is 44.0 Å². The molecule has 0 unspecified atom stereocenters. The van der Waals surface area contributed by atoms with E-state index in [4.69, 9.17) is 19.0 Å². The number of fused-ring (bicyclic) bond motifs is 3. The van der Waals surface area contributed by atoms with Crippen LogP contribution >= 0.6 is 0 Å². The van der Waals surface area contributed by atoms with E-state index in [-0.39, 0.29) is 48.6 Å². The molecule has 2 aromatic carbocycles. The standard InChI is InChI=1S/C33H42N2O9/c1-16-23-11-20(33(23,3)4)12-24(16)34-31(38)28-27(17(2)37)26(14-36)44-35(28)13-18-7-6-8-21(29(18)41-5)19-9-22(32(39)40)30-25(10-19)42-15-43-30/h6-10,16-17,20,23-24,26-28,36-37H,11-15H2,1-5H3,(H,34,38)(H,39,40)/t16-,17-,20+,23-,24-,26-,27+,28-/m0/s1. The van der Waals surface area contributed by atoms with Crippen LogP contribution < -0.4 is 19.5 Å². The summed E-state index contributed by atoms with van der Waals surface area (Å²) in [5.74, 6) is 0.370. The zero-order valence-electron chi connectivity index (χ0n) is 25.8. The normalized spacial score (nSPS) is 30.8. The lowest BCUT2D eigenvalue weighted by Crippen LogP contribution is -2.62. The number of amides is 1. The van der Waals surface area contributed by atoms with Crippen molar-refractivity contribution in [2.45, 2.75) is 71.4 Å². The van der Waals surface area contributed by atoms with Crippen LogP contribution in [0.15, 0.2) is 30.3 Å². The maximum Gasteiger partial charge on any atom is 0.339 e. The van der Waals surface area contributed by atoms with Gasteiger partial charge in [-0.2, -0.15) is 5.06 Å². The fourth-order valence-corrected chi connectivity index (χ4v) is 8.15. The number of methoxy groups -OCH3 is 1. The predicted octanol–water partition coefficient (Wildman–Crippen LogP) is 3.45. The Balaban J connectivity index is 1.30. The van der Waals surface area contributed by atoms with Crippen molar-refractivity contribution in [3.8, 4) is 28.4 Å². The summed E-state index contributed by atoms with van der Waals surface area (Å²) < 4.78 is 16.7. The fraction of sp³-hybridized carbons (Fsp3) is 0.576. The number of nitrogens with zero attached hydrogens (tertiary/aromatic N) is 1. The molecule has 2 bridgehead atoms. The summed E-state index contributed by atoms with van der Waals surface area (Å²) in [6, 6.07) is 7.86. The van der Waals surface area contributed by atoms with Gasteiger partial charge in [-0.25, -0.2) is 4.79 Å². The predicted molar refractivity (Wildman–Crippen MR) is 159 cm³/mol. The molecular formula is C33H42N2O9. The quantitative estimate of drug-likeness (QED) is 0.333. The summed E-state index contributed by atoms with van der Waals surface area (Å²) >= 11 is 0. The Labute approximate surface area is 257 Å². The number of hydroxylamine groups is 2. The van der Waals surface area contributed by atoms with Gasteiger partial charge in [-0.05, 0) is 60.6 Å². The van der Waals surface area contributed by atoms with Crippen LogP contribution in [0.1, 0.15) is 56.5 Å². The second kappa shape index (κ2) is 11.5. The number of hydrogen-bond donors (Lipinski definition) is 4. The summed E-state index contributed by atoms with van der Waals surface area (Å²) in [7, 11) is 1.52. The summed E-state index contributed by atoms with van der Waals surface area (Å²) in [6.07, 6.45) is 0.412. The molecule has 11 nitrogen and oxygen atoms in total. The molecule has 7 rings (SSSR count). The van der Waals surface area contributed by atoms with Crippen LogP contribution in [0, 0.1) is 29.1 Å². The number of aliphatic hydroxyl groups is 2. The zero-order chi connectivity index (χ0) is 31.5. The van der Waals surface area contributed by atoms with Crippen LogP contribution in [0.2, 0.25) is 0 Å². The Morgan fingerprint density at radius 3 is 2.61 bits per heavy atom. The first kappa shape index (κ1) is 30.6. The highest BCUT2D eigenvalue weighted by Gasteiger charge is 2.57. The second-order valence-corrected chi connectivity index (χ2v) is 13.3. The van der Waals surface area contributed by atoms with Gasteiger partial charge in [0.2, 0.25) is 12.7 Å². The van der Waals surface area contributed by atoms with Crippen LogP contribution in [-0.2, 0) is 16.2 Å². The monoisotopic (exact) mass is 610 g/mol. The van der Waals surface area contributed by atoms with Gasteiger partial charge in [0.25, 0.3) is 0 Å². The molecule has 0 spiro atoms. The first-order chi connectivity index (χ1) is 21.0. The molecule has 1 amide bonds. The molecule has 2 heterocycles. The van der Waals surface area contributed by atoms with Crippen LogP contribution in [0.5, 0.6) is 17.2 Å². The van der Waals surface area contributed by atoms with Crippen molar-refractivity contribution in [1.29, 1.82) is 0 Å². The third kappa shape index (κ3) is 4.99. The van der Waals surface area contributed by atoms with E-state index in [2.05, 4.69) is 26.1 Å². The Hall–Kier alpha value is -3.38. The number of benzene rings is 2. The molecule has 1 saturated heterocycles. The Kier molecular flexibility index (Phi) is 8.02. The van der Waals surface area contributed by atoms with Gasteiger partial charge in [-0.1, -0.05) is 39.0 Å². The van der Waals surface area contributed by atoms with Crippen molar-refractivity contribution in [2.24, 2.45) is 29.1 Å². The van der Waals surface area contributed by atoms with Gasteiger partial charge in [-0.15, -0.1) is 0 Å². The minimum atomic E-state index is -1.14. The van der Waals surface area contributed by atoms with Crippen LogP contribution in [0.4, 0.5) is 0 Å². The van der Waals surface area contributed by atoms with E-state index in [0.717, 1.165) is 6.42 Å². The molecule has 44 heavy (non-hydrogen) atoms. The van der Waals surface area contributed by atoms with Crippen LogP contribution in [0.25, 0.3) is 11.1 Å². The van der Waals surface area contributed by atoms with Crippen molar-refractivity contribution in [2.75, 3.05) is 20.5 Å². The van der Waals surface area contributed by atoms with Crippen LogP contribution in [0.3, 0.4) is 0 Å². The maximum absolute atomic E-state index is 14.0. The molecule has 4 fully saturated rings. The van der Waals surface area contributed by atoms with Gasteiger partial charge < -0.3 is 34.8 Å². The molecule has 0 radical (unpaired) electrons. The number of carboxylic acid groups (broad SMARTS) is 1. The van der Waals surface area contributed by atoms with Gasteiger partial charge in [0.05, 0.1) is 26.4 Å². The third-order valence-corrected chi connectivity index (χ3v) is 10.7. The molecule has 238 valence electrons. The van der Waals surface area contributed by atoms with Gasteiger partial charge in [0.1, 0.15) is 23.5 Å². The Bertz CT molecular complexity index is 1440. The Morgan fingerprint density at radius 1 is 1.20 bits per heavy atom. The lowest BCUT2D eigenvalue weighted by atomic mass is 9.45. The molecule has 3 saturated carbocycles. The number of carboxylic acids is 1. The average molecular weight is 611 g/mol. The lowest BCUT2D eigenvalue weighted by Gasteiger charge is -2.62. The molecular weight excluding hydrogens is 568 g/mol. The van der Waals surface area contributed by atoms with Crippen molar-refractivity contribution in [1.82, 2.24) is 10.4 Å². The molecule has 11 heteroatoms. The van der Waals surface area contributed by atoms with E-state index in [1.807, 2.05) is 18.2 Å². The minimum absolute atomic E-state index is 0.0226. The molecule has 3 aliphatic carbocycles. The summed E-state index contributed by atoms with van der Waals surface area (Å²) in [5, 5.41) is 35.6. The molecule has 0 aromatic heterocycles. The van der Waals surface area contributed by atoms with Gasteiger partial charge in [-0.3, -0.25) is 9.63 Å². The first-order valence-electron chi connectivity index (χ1n) is 15.3. The van der Waals surface area contributed by atoms with E-state index in [9.17, 15) is 24.9 Å². The molecule has 5 aliphatic rings. The fourth-order valence-electron chi connectivity index (χ4n) is 8.15. The highest BCUT2D eigenvalue weighted by molar-refractivity contribution is 5.95. The SMILES string of the molecule is COc1c(CN2O[C@@H](CO)[C@@H]([C@H](C)O)[C@H]2C(=O)N[C@H]2C[C@H]3C[C@@H]([C@@H]2C)C3(C)C)cccc1-c1cc2c(c(C(=O)O)c1)OCO2. The van der Waals surface area contributed by atoms with Crippen molar-refractivity contribution >= 4 is 11.9 Å². The smallest absolute Gasteiger partial charge is 0.339 e. The number of ether oxygens (including phenoxy) is 3. The molecule has 2 aromatic rings. The number of aliphatic hydroxyl groups excluding tert-OH is 2. The number of carbonyl (C=O) groups is 2. The maximum atomic E-state index is 14.0. The van der Waals surface area contributed by atoms with Gasteiger partial charge in [0, 0.05) is 23.1 Å². The minimum Gasteiger partial charge on any atom is -0.496 e. The van der Waals surface area contributed by atoms with E-state index in [1.54, 1.807) is 13.0 Å².